The molecule has 3 unspecified atom stereocenters. The molecule has 6 heterocycles. The highest BCUT2D eigenvalue weighted by atomic mass is 32.2. The minimum atomic E-state index is -5.84. The average Bonchev–Trinajstić information content (AvgIpc) is 1.59. The molecule has 0 spiro atoms. The van der Waals surface area contributed by atoms with Gasteiger partial charge in [-0.15, -0.1) is 0 Å². The number of allylic oxidation sites excluding steroid dienone is 6. The molecular formula is C65H85N9O26P3S2+. The van der Waals surface area contributed by atoms with Gasteiger partial charge in [0, 0.05) is 74.7 Å². The van der Waals surface area contributed by atoms with Crippen LogP contribution in [0.3, 0.4) is 0 Å². The number of carbonyl (C=O) groups excluding carboxylic acids is 4. The first-order valence-corrected chi connectivity index (χ1v) is 40.4. The number of ether oxygens (including phenoxy) is 6. The second-order valence-corrected chi connectivity index (χ2v) is 32.6. The zero-order valence-corrected chi connectivity index (χ0v) is 62.3. The summed E-state index contributed by atoms with van der Waals surface area (Å²) in [4.78, 5) is 91.8. The summed E-state index contributed by atoms with van der Waals surface area (Å²) in [5.74, 6) is 4.22. The number of nitrogens with zero attached hydrogens (tertiary/aromatic N) is 6. The molecule has 105 heavy (non-hydrogen) atoms. The summed E-state index contributed by atoms with van der Waals surface area (Å²) < 4.78 is 151. The van der Waals surface area contributed by atoms with Crippen LogP contribution in [0.25, 0.3) is 0 Å². The van der Waals surface area contributed by atoms with Crippen LogP contribution in [0.1, 0.15) is 118 Å². The molecule has 3 aromatic rings. The van der Waals surface area contributed by atoms with Gasteiger partial charge in [0.2, 0.25) is 11.8 Å². The van der Waals surface area contributed by atoms with Gasteiger partial charge in [-0.2, -0.15) is 36.0 Å². The number of unbranched alkanes of at least 4 members (excludes halogenated alkanes) is 2. The number of fused-ring (bicyclic) bond motifs is 3. The molecule has 1 aromatic carbocycles. The molecule has 0 radical (unpaired) electrons. The lowest BCUT2D eigenvalue weighted by molar-refractivity contribution is -0.686. The Morgan fingerprint density at radius 2 is 1.62 bits per heavy atom. The Hall–Kier alpha value is -7.92. The van der Waals surface area contributed by atoms with E-state index in [1.807, 2.05) is 68.3 Å². The molecule has 4 aliphatic rings. The number of phosphoric ester groups is 1. The summed E-state index contributed by atoms with van der Waals surface area (Å²) in [5.41, 5.74) is 3.46. The Labute approximate surface area is 607 Å². The van der Waals surface area contributed by atoms with E-state index in [0.717, 1.165) is 43.1 Å². The number of nitriles is 2. The van der Waals surface area contributed by atoms with Crippen molar-refractivity contribution < 1.29 is 125 Å². The van der Waals surface area contributed by atoms with Gasteiger partial charge in [-0.05, 0) is 50.5 Å². The van der Waals surface area contributed by atoms with Gasteiger partial charge in [-0.1, -0.05) is 74.6 Å². The highest BCUT2D eigenvalue weighted by Crippen LogP contribution is 2.66. The van der Waals surface area contributed by atoms with Gasteiger partial charge in [-0.25, -0.2) is 28.0 Å². The fourth-order valence-electron chi connectivity index (χ4n) is 12.2. The SMILES string of the molecule is CN1/C(=C/C=C/C=C/C2N(CCCCCC(=O)NCCOCCOCC/C(C#N)=C/OCCOC(=O)NCCC#Cc3cn([C@H]4C[C@@H](O/C=C/C#N)[C@@H](COP(=O)(O)OP(=O)(O)OP(=O)(O)O)O4)c4c3C(=O)NC(=O)C4)c3ccccc3C2(C)C)C(C)(C)c2cc(S(=O)(=O)O)c[n+](CCCS(=O)(=O)O)c21. The predicted octanol–water partition coefficient (Wildman–Crippen LogP) is 5.75. The Balaban J connectivity index is 0.753. The topological polar surface area (TPSA) is 491 Å². The summed E-state index contributed by atoms with van der Waals surface area (Å²) in [6, 6.07) is 13.5. The Morgan fingerprint density at radius 1 is 0.876 bits per heavy atom. The van der Waals surface area contributed by atoms with Crippen LogP contribution in [0, 0.1) is 34.5 Å². The Kier molecular flexibility index (Phi) is 30.2. The van der Waals surface area contributed by atoms with Gasteiger partial charge in [0.25, 0.3) is 32.0 Å². The first kappa shape index (κ1) is 84.3. The Bertz CT molecular complexity index is 4380. The molecule has 4 amide bonds. The number of aryl methyl sites for hydroxylation is 1. The van der Waals surface area contributed by atoms with E-state index < -0.39 is 97.8 Å². The monoisotopic (exact) mass is 1560 g/mol. The van der Waals surface area contributed by atoms with Crippen LogP contribution in [0.2, 0.25) is 0 Å². The van der Waals surface area contributed by atoms with Crippen LogP contribution in [0.5, 0.6) is 0 Å². The first-order chi connectivity index (χ1) is 49.4. The van der Waals surface area contributed by atoms with Gasteiger partial charge >= 0.3 is 29.6 Å². The number of likely N-dealkylation sites (N-methyl/N-ethyl adjacent to an activating group) is 1. The van der Waals surface area contributed by atoms with Crippen molar-refractivity contribution in [3.05, 3.63) is 131 Å². The molecule has 7 rings (SSSR count). The molecule has 1 fully saturated rings. The van der Waals surface area contributed by atoms with Crippen LogP contribution in [-0.4, -0.2) is 171 Å². The van der Waals surface area contributed by atoms with E-state index in [-0.39, 0.29) is 129 Å². The fourth-order valence-corrected chi connectivity index (χ4v) is 16.2. The maximum Gasteiger partial charge on any atom is 0.490 e. The van der Waals surface area contributed by atoms with Crippen LogP contribution < -0.4 is 30.3 Å². The lowest BCUT2D eigenvalue weighted by atomic mass is 9.80. The Morgan fingerprint density at radius 3 is 2.33 bits per heavy atom. The van der Waals surface area contributed by atoms with Crippen molar-refractivity contribution in [3.8, 4) is 24.0 Å². The fraction of sp³-hybridized carbons (Fsp3) is 0.492. The second-order valence-electron chi connectivity index (χ2n) is 25.2. The summed E-state index contributed by atoms with van der Waals surface area (Å²) in [5, 5.41) is 26.1. The largest absolute Gasteiger partial charge is 0.497 e. The normalized spacial score (nSPS) is 20.0. The number of nitrogens with one attached hydrogen (secondary N) is 3. The second kappa shape index (κ2) is 37.6. The molecule has 4 aliphatic heterocycles. The number of pyridine rings is 1. The van der Waals surface area contributed by atoms with Gasteiger partial charge in [0.15, 0.2) is 0 Å². The highest BCUT2D eigenvalue weighted by Gasteiger charge is 2.49. The number of phosphoric acid groups is 3. The minimum Gasteiger partial charge on any atom is -0.497 e. The number of hydrogen-bond donors (Lipinski definition) is 9. The van der Waals surface area contributed by atoms with Gasteiger partial charge < -0.3 is 68.1 Å². The summed E-state index contributed by atoms with van der Waals surface area (Å²) in [6.45, 7) is 9.19. The van der Waals surface area contributed by atoms with E-state index >= 15 is 0 Å². The zero-order valence-electron chi connectivity index (χ0n) is 58.0. The third-order valence-electron chi connectivity index (χ3n) is 16.9. The lowest BCUT2D eigenvalue weighted by Crippen LogP contribution is -2.40. The predicted molar refractivity (Wildman–Crippen MR) is 373 cm³/mol. The molecule has 0 aliphatic carbocycles. The van der Waals surface area contributed by atoms with Crippen molar-refractivity contribution in [1.82, 2.24) is 20.5 Å². The first-order valence-electron chi connectivity index (χ1n) is 32.9. The van der Waals surface area contributed by atoms with E-state index in [9.17, 15) is 73.9 Å². The molecule has 2 aromatic heterocycles. The third-order valence-corrected chi connectivity index (χ3v) is 22.3. The smallest absolute Gasteiger partial charge is 0.490 e. The van der Waals surface area contributed by atoms with Crippen molar-refractivity contribution in [3.63, 3.8) is 0 Å². The summed E-state index contributed by atoms with van der Waals surface area (Å²) in [7, 11) is -24.1. The van der Waals surface area contributed by atoms with Gasteiger partial charge in [-0.3, -0.25) is 33.3 Å². The molecule has 40 heteroatoms. The van der Waals surface area contributed by atoms with E-state index in [4.69, 9.17) is 48.0 Å². The van der Waals surface area contributed by atoms with Crippen LogP contribution >= 0.6 is 23.5 Å². The molecular weight excluding hydrogens is 1480 g/mol. The van der Waals surface area contributed by atoms with Gasteiger partial charge in [0.05, 0.1) is 123 Å². The van der Waals surface area contributed by atoms with E-state index in [1.54, 1.807) is 10.6 Å². The van der Waals surface area contributed by atoms with Crippen molar-refractivity contribution >= 4 is 79.0 Å². The molecule has 1 saturated heterocycles. The van der Waals surface area contributed by atoms with Crippen molar-refractivity contribution in [1.29, 1.82) is 10.5 Å². The van der Waals surface area contributed by atoms with Crippen LogP contribution in [0.15, 0.2) is 108 Å². The number of rotatable bonds is 39. The number of hydrogen-bond acceptors (Lipinski definition) is 24. The van der Waals surface area contributed by atoms with Crippen molar-refractivity contribution in [2.75, 3.05) is 88.5 Å². The lowest BCUT2D eigenvalue weighted by Gasteiger charge is -2.32. The van der Waals surface area contributed by atoms with Crippen molar-refractivity contribution in [2.24, 2.45) is 0 Å². The van der Waals surface area contributed by atoms with E-state index in [1.165, 1.54) is 34.9 Å². The number of aromatic nitrogens is 2. The standard InChI is InChI=1S/C65H84N9O26P3S2/c1-64(2)49-19-11-12-20-51(49)73(56(64)22-9-6-8-21-55-65(3,4)50-38-48(105(89,90)91)43-72(62(50)71(55)5)28-17-37-104(86,87)88)29-15-7-10-23-57(75)68-27-32-93-34-33-92-31-24-46(41-67)44-94-35-36-96-63(78)69-26-14-13-18-47-42-74(52-39-58(76)70-61(77)60(47)52)59-40-53(95-30-16-25-66)54(98-59)45-97-102(82,83)100-103(84,85)99-101(79,80)81/h6,8-9,11-12,16,19-22,30,38,42-44,53-54,56,59H,7,10,14-15,17,23-24,26-29,31-37,39-40,45H2,1-5H3,(H8-,68,69,70,75,76,77,78,79,80,81,82,83,84,85,86,87,88,89,90,91)/p+1/b8-6+,22-9+,30-16+,46-44-,55-21+/t53-,54-,56?,59-/m1/s1. The summed E-state index contributed by atoms with van der Waals surface area (Å²) in [6.07, 6.45) is 14.1. The minimum absolute atomic E-state index is 0.00403. The molecule has 572 valence electrons. The average molecular weight is 1570 g/mol. The van der Waals surface area contributed by atoms with Crippen LogP contribution in [0.4, 0.5) is 16.3 Å². The maximum absolute atomic E-state index is 13.1. The number of anilines is 2. The third kappa shape index (κ3) is 24.8. The zero-order chi connectivity index (χ0) is 77.0. The number of benzene rings is 1. The van der Waals surface area contributed by atoms with Crippen LogP contribution in [-0.2, 0) is 109 Å². The number of para-hydroxylation sites is 1. The molecule has 9 N–H and O–H groups in total. The molecule has 0 saturated carbocycles. The molecule has 0 bridgehead atoms. The van der Waals surface area contributed by atoms with E-state index in [2.05, 4.69) is 73.4 Å². The number of amides is 4. The van der Waals surface area contributed by atoms with Gasteiger partial charge in [0.1, 0.15) is 48.4 Å². The quantitative estimate of drug-likeness (QED) is 0.00378. The molecule has 6 atom stereocenters. The highest BCUT2D eigenvalue weighted by molar-refractivity contribution is 7.86. The number of imide groups is 1. The summed E-state index contributed by atoms with van der Waals surface area (Å²) >= 11 is 0. The maximum atomic E-state index is 13.1. The number of alkyl carbamates (subject to hydrolysis) is 1. The van der Waals surface area contributed by atoms with E-state index in [0.29, 0.717) is 30.8 Å². The van der Waals surface area contributed by atoms with Crippen molar-refractivity contribution in [2.45, 2.75) is 132 Å². The number of carbonyl (C=O) groups is 4. The molecule has 35 nitrogen and oxygen atoms in total.